The summed E-state index contributed by atoms with van der Waals surface area (Å²) >= 11 is 1.63. The predicted molar refractivity (Wildman–Crippen MR) is 74.2 cm³/mol. The lowest BCUT2D eigenvalue weighted by Crippen LogP contribution is -2.31. The second kappa shape index (κ2) is 4.56. The van der Waals surface area contributed by atoms with Crippen molar-refractivity contribution in [3.63, 3.8) is 0 Å². The van der Waals surface area contributed by atoms with Gasteiger partial charge >= 0.3 is 0 Å². The van der Waals surface area contributed by atoms with Gasteiger partial charge in [0, 0.05) is 23.4 Å². The molecular formula is C12H17N3OS. The highest BCUT2D eigenvalue weighted by atomic mass is 32.2. The summed E-state index contributed by atoms with van der Waals surface area (Å²) in [7, 11) is 0. The quantitative estimate of drug-likeness (QED) is 0.877. The lowest BCUT2D eigenvalue weighted by Gasteiger charge is -2.27. The van der Waals surface area contributed by atoms with E-state index >= 15 is 0 Å². The molecule has 1 aromatic heterocycles. The fourth-order valence-electron chi connectivity index (χ4n) is 2.01. The minimum absolute atomic E-state index is 0.00528. The number of hydrogen-bond acceptors (Lipinski definition) is 4. The maximum atomic E-state index is 11.9. The number of thioether (sulfide) groups is 1. The Morgan fingerprint density at radius 3 is 2.76 bits per heavy atom. The highest BCUT2D eigenvalue weighted by Gasteiger charge is 2.21. The van der Waals surface area contributed by atoms with Crippen molar-refractivity contribution >= 4 is 23.3 Å². The molecule has 0 fully saturated rings. The first kappa shape index (κ1) is 12.2. The molecule has 0 spiro atoms. The lowest BCUT2D eigenvalue weighted by molar-refractivity contribution is 0.581. The molecule has 1 aliphatic heterocycles. The van der Waals surface area contributed by atoms with Gasteiger partial charge in [-0.25, -0.2) is 0 Å². The number of anilines is 1. The van der Waals surface area contributed by atoms with E-state index in [1.807, 2.05) is 33.1 Å². The minimum atomic E-state index is -0.00528. The summed E-state index contributed by atoms with van der Waals surface area (Å²) in [5.41, 5.74) is 2.02. The fraction of sp³-hybridized carbons (Fsp3) is 0.500. The third-order valence-electron chi connectivity index (χ3n) is 2.83. The molecule has 1 aromatic rings. The molecule has 5 heteroatoms. The SMILES string of the molecule is CSC1N=C(C)c2ccc(=O)n(C(C)C)c2N1. The Balaban J connectivity index is 2.64. The van der Waals surface area contributed by atoms with Gasteiger partial charge in [-0.1, -0.05) is 0 Å². The van der Waals surface area contributed by atoms with E-state index in [2.05, 4.69) is 10.3 Å². The molecule has 0 aliphatic carbocycles. The van der Waals surface area contributed by atoms with Gasteiger partial charge in [-0.05, 0) is 33.1 Å². The first-order valence-electron chi connectivity index (χ1n) is 5.64. The van der Waals surface area contributed by atoms with Gasteiger partial charge in [-0.2, -0.15) is 0 Å². The third-order valence-corrected chi connectivity index (χ3v) is 3.50. The number of rotatable bonds is 2. The molecule has 0 saturated carbocycles. The van der Waals surface area contributed by atoms with Gasteiger partial charge in [0.1, 0.15) is 5.82 Å². The van der Waals surface area contributed by atoms with E-state index in [0.717, 1.165) is 17.1 Å². The Bertz CT molecular complexity index is 519. The molecule has 0 radical (unpaired) electrons. The second-order valence-corrected chi connectivity index (χ2v) is 5.26. The molecule has 2 rings (SSSR count). The highest BCUT2D eigenvalue weighted by Crippen LogP contribution is 2.26. The van der Waals surface area contributed by atoms with Crippen molar-refractivity contribution in [2.75, 3.05) is 11.6 Å². The van der Waals surface area contributed by atoms with Gasteiger partial charge in [0.25, 0.3) is 5.56 Å². The van der Waals surface area contributed by atoms with Gasteiger partial charge < -0.3 is 5.32 Å². The predicted octanol–water partition coefficient (Wildman–Crippen LogP) is 2.31. The van der Waals surface area contributed by atoms with Crippen molar-refractivity contribution in [1.29, 1.82) is 0 Å². The van der Waals surface area contributed by atoms with Crippen molar-refractivity contribution < 1.29 is 0 Å². The van der Waals surface area contributed by atoms with E-state index in [4.69, 9.17) is 0 Å². The van der Waals surface area contributed by atoms with Gasteiger partial charge in [-0.15, -0.1) is 11.8 Å². The van der Waals surface area contributed by atoms with Crippen LogP contribution in [0.4, 0.5) is 5.82 Å². The summed E-state index contributed by atoms with van der Waals surface area (Å²) < 4.78 is 1.79. The maximum absolute atomic E-state index is 11.9. The molecule has 1 atom stereocenters. The van der Waals surface area contributed by atoms with Crippen LogP contribution in [0.5, 0.6) is 0 Å². The molecule has 0 amide bonds. The van der Waals surface area contributed by atoms with Crippen molar-refractivity contribution in [3.05, 3.63) is 28.0 Å². The summed E-state index contributed by atoms with van der Waals surface area (Å²) in [6, 6.07) is 3.59. The van der Waals surface area contributed by atoms with Crippen LogP contribution in [0.25, 0.3) is 0 Å². The Morgan fingerprint density at radius 2 is 2.18 bits per heavy atom. The van der Waals surface area contributed by atoms with Gasteiger partial charge in [0.15, 0.2) is 5.50 Å². The molecule has 1 aliphatic rings. The van der Waals surface area contributed by atoms with Crippen LogP contribution < -0.4 is 10.9 Å². The Morgan fingerprint density at radius 1 is 1.47 bits per heavy atom. The third kappa shape index (κ3) is 2.11. The van der Waals surface area contributed by atoms with Crippen molar-refractivity contribution in [2.24, 2.45) is 4.99 Å². The first-order valence-corrected chi connectivity index (χ1v) is 6.93. The monoisotopic (exact) mass is 251 g/mol. The van der Waals surface area contributed by atoms with E-state index in [1.54, 1.807) is 22.4 Å². The topological polar surface area (TPSA) is 46.4 Å². The minimum Gasteiger partial charge on any atom is -0.341 e. The molecule has 0 saturated heterocycles. The largest absolute Gasteiger partial charge is 0.341 e. The molecular weight excluding hydrogens is 234 g/mol. The summed E-state index contributed by atoms with van der Waals surface area (Å²) in [6.45, 7) is 6.01. The van der Waals surface area contributed by atoms with Crippen LogP contribution in [-0.4, -0.2) is 22.0 Å². The number of fused-ring (bicyclic) bond motifs is 1. The zero-order valence-electron chi connectivity index (χ0n) is 10.5. The van der Waals surface area contributed by atoms with Crippen LogP contribution in [0.2, 0.25) is 0 Å². The van der Waals surface area contributed by atoms with Crippen molar-refractivity contribution in [2.45, 2.75) is 32.3 Å². The van der Waals surface area contributed by atoms with Crippen molar-refractivity contribution in [3.8, 4) is 0 Å². The zero-order valence-corrected chi connectivity index (χ0v) is 11.3. The Labute approximate surface area is 105 Å². The Hall–Kier alpha value is -1.23. The van der Waals surface area contributed by atoms with Gasteiger partial charge in [-0.3, -0.25) is 14.4 Å². The summed E-state index contributed by atoms with van der Waals surface area (Å²) in [5, 5.41) is 3.31. The molecule has 17 heavy (non-hydrogen) atoms. The fourth-order valence-corrected chi connectivity index (χ4v) is 2.51. The maximum Gasteiger partial charge on any atom is 0.252 e. The van der Waals surface area contributed by atoms with Crippen LogP contribution in [0.15, 0.2) is 21.9 Å². The number of nitrogens with one attached hydrogen (secondary N) is 1. The van der Waals surface area contributed by atoms with Crippen LogP contribution in [-0.2, 0) is 0 Å². The average Bonchev–Trinajstić information content (AvgIpc) is 2.27. The van der Waals surface area contributed by atoms with E-state index in [0.29, 0.717) is 0 Å². The number of pyridine rings is 1. The zero-order chi connectivity index (χ0) is 12.6. The van der Waals surface area contributed by atoms with Crippen LogP contribution in [0.3, 0.4) is 0 Å². The summed E-state index contributed by atoms with van der Waals surface area (Å²) in [6.07, 6.45) is 2.00. The summed E-state index contributed by atoms with van der Waals surface area (Å²) in [4.78, 5) is 16.4. The second-order valence-electron chi connectivity index (χ2n) is 4.34. The smallest absolute Gasteiger partial charge is 0.252 e. The average molecular weight is 251 g/mol. The van der Waals surface area contributed by atoms with Crippen molar-refractivity contribution in [1.82, 2.24) is 4.57 Å². The van der Waals surface area contributed by atoms with Gasteiger partial charge in [0.05, 0.1) is 0 Å². The van der Waals surface area contributed by atoms with E-state index in [1.165, 1.54) is 0 Å². The molecule has 4 nitrogen and oxygen atoms in total. The molecule has 0 aromatic carbocycles. The molecule has 0 bridgehead atoms. The van der Waals surface area contributed by atoms with E-state index < -0.39 is 0 Å². The number of aliphatic imine (C=N–C) groups is 1. The lowest BCUT2D eigenvalue weighted by atomic mass is 10.1. The van der Waals surface area contributed by atoms with Gasteiger partial charge in [0.2, 0.25) is 0 Å². The summed E-state index contributed by atoms with van der Waals surface area (Å²) in [5.74, 6) is 0.888. The van der Waals surface area contributed by atoms with Crippen LogP contribution in [0.1, 0.15) is 32.4 Å². The first-order chi connectivity index (χ1) is 8.04. The molecule has 2 heterocycles. The number of aromatic nitrogens is 1. The van der Waals surface area contributed by atoms with Crippen LogP contribution >= 0.6 is 11.8 Å². The Kier molecular flexibility index (Phi) is 3.28. The number of hydrogen-bond donors (Lipinski definition) is 1. The standard InChI is InChI=1S/C12H17N3OS/c1-7(2)15-10(16)6-5-9-8(3)13-12(17-4)14-11(9)15/h5-7,12,14H,1-4H3. The van der Waals surface area contributed by atoms with E-state index in [-0.39, 0.29) is 17.1 Å². The molecule has 92 valence electrons. The highest BCUT2D eigenvalue weighted by molar-refractivity contribution is 7.99. The normalized spacial score (nSPS) is 18.6. The van der Waals surface area contributed by atoms with E-state index in [9.17, 15) is 4.79 Å². The van der Waals surface area contributed by atoms with Crippen LogP contribution in [0, 0.1) is 0 Å². The molecule has 1 N–H and O–H groups in total. The molecule has 1 unspecified atom stereocenters. The number of nitrogens with zero attached hydrogens (tertiary/aromatic N) is 2.